The Labute approximate surface area is 134 Å². The zero-order valence-electron chi connectivity index (χ0n) is 14.3. The van der Waals surface area contributed by atoms with Crippen molar-refractivity contribution in [1.29, 1.82) is 0 Å². The van der Waals surface area contributed by atoms with E-state index in [1.165, 1.54) is 32.2 Å². The quantitative estimate of drug-likeness (QED) is 0.728. The summed E-state index contributed by atoms with van der Waals surface area (Å²) in [5, 5.41) is 0. The Kier molecular flexibility index (Phi) is 3.16. The fourth-order valence-electron chi connectivity index (χ4n) is 5.36. The fourth-order valence-corrected chi connectivity index (χ4v) is 5.36. The van der Waals surface area contributed by atoms with Gasteiger partial charge in [-0.1, -0.05) is 17.2 Å². The van der Waals surface area contributed by atoms with Crippen molar-refractivity contribution in [3.05, 3.63) is 40.5 Å². The lowest BCUT2D eigenvalue weighted by atomic mass is 9.52. The van der Waals surface area contributed by atoms with Gasteiger partial charge in [-0.2, -0.15) is 0 Å². The number of methoxy groups -OCH3 is 1. The molecule has 0 N–H and O–H groups in total. The van der Waals surface area contributed by atoms with Crippen LogP contribution >= 0.6 is 0 Å². The van der Waals surface area contributed by atoms with Crippen LogP contribution in [0, 0.1) is 5.92 Å². The van der Waals surface area contributed by atoms with Gasteiger partial charge in [-0.05, 0) is 82.3 Å². The Balaban J connectivity index is 1.91. The van der Waals surface area contributed by atoms with Crippen molar-refractivity contribution in [3.8, 4) is 5.75 Å². The molecule has 1 aromatic carbocycles. The van der Waals surface area contributed by atoms with Gasteiger partial charge in [0.15, 0.2) is 0 Å². The van der Waals surface area contributed by atoms with Gasteiger partial charge in [0.25, 0.3) is 0 Å². The summed E-state index contributed by atoms with van der Waals surface area (Å²) in [7, 11) is 4.11. The van der Waals surface area contributed by atoms with Crippen molar-refractivity contribution in [2.45, 2.75) is 51.0 Å². The molecule has 1 aliphatic heterocycles. The number of piperidine rings is 1. The largest absolute Gasteiger partial charge is 0.497 e. The highest BCUT2D eigenvalue weighted by atomic mass is 16.5. The molecule has 2 nitrogen and oxygen atoms in total. The first kappa shape index (κ1) is 14.3. The second-order valence-corrected chi connectivity index (χ2v) is 7.73. The number of rotatable bonds is 1. The first-order valence-corrected chi connectivity index (χ1v) is 8.58. The zero-order chi connectivity index (χ0) is 15.5. The molecule has 2 bridgehead atoms. The van der Waals surface area contributed by atoms with Crippen LogP contribution in [0.2, 0.25) is 0 Å². The van der Waals surface area contributed by atoms with Crippen molar-refractivity contribution in [2.75, 3.05) is 20.7 Å². The number of nitrogens with zero attached hydrogens (tertiary/aromatic N) is 1. The van der Waals surface area contributed by atoms with Crippen molar-refractivity contribution in [1.82, 2.24) is 4.90 Å². The van der Waals surface area contributed by atoms with E-state index in [0.29, 0.717) is 11.5 Å². The van der Waals surface area contributed by atoms with Crippen LogP contribution < -0.4 is 4.74 Å². The monoisotopic (exact) mass is 297 g/mol. The summed E-state index contributed by atoms with van der Waals surface area (Å²) in [4.78, 5) is 2.62. The van der Waals surface area contributed by atoms with E-state index in [-0.39, 0.29) is 0 Å². The summed E-state index contributed by atoms with van der Waals surface area (Å²) in [5.74, 6) is 1.79. The summed E-state index contributed by atoms with van der Waals surface area (Å²) in [6.07, 6.45) is 5.01. The zero-order valence-corrected chi connectivity index (χ0v) is 14.3. The molecule has 2 heteroatoms. The lowest BCUT2D eigenvalue weighted by Gasteiger charge is -2.58. The highest BCUT2D eigenvalue weighted by molar-refractivity contribution is 5.47. The molecule has 2 aliphatic carbocycles. The number of hydrogen-bond donors (Lipinski definition) is 0. The van der Waals surface area contributed by atoms with E-state index in [1.54, 1.807) is 29.4 Å². The van der Waals surface area contributed by atoms with Crippen molar-refractivity contribution < 1.29 is 4.74 Å². The number of allylic oxidation sites excluding steroid dienone is 2. The second kappa shape index (κ2) is 4.86. The van der Waals surface area contributed by atoms with Gasteiger partial charge in [-0.25, -0.2) is 0 Å². The molecule has 118 valence electrons. The molecule has 0 unspecified atom stereocenters. The van der Waals surface area contributed by atoms with E-state index < -0.39 is 0 Å². The number of benzene rings is 1. The van der Waals surface area contributed by atoms with Crippen LogP contribution in [-0.4, -0.2) is 31.6 Å². The Morgan fingerprint density at radius 1 is 1.18 bits per heavy atom. The Bertz CT molecular complexity index is 647. The van der Waals surface area contributed by atoms with E-state index in [0.717, 1.165) is 11.7 Å². The van der Waals surface area contributed by atoms with Gasteiger partial charge in [0.1, 0.15) is 5.75 Å². The number of likely N-dealkylation sites (N-methyl/N-ethyl adjacent to an activating group) is 1. The smallest absolute Gasteiger partial charge is 0.119 e. The molecule has 4 rings (SSSR count). The Hall–Kier alpha value is -1.28. The maximum Gasteiger partial charge on any atom is 0.119 e. The minimum atomic E-state index is 0.350. The van der Waals surface area contributed by atoms with Gasteiger partial charge in [-0.15, -0.1) is 0 Å². The first-order valence-electron chi connectivity index (χ1n) is 8.58. The SMILES string of the molecule is COc1ccc2c(c1)[C@]13CCN(C)[C@H](C2)[C@@H]1CC(C)=C(C)C3. The van der Waals surface area contributed by atoms with Gasteiger partial charge in [0, 0.05) is 11.5 Å². The number of fused-ring (bicyclic) bond motifs is 1. The molecule has 1 fully saturated rings. The average Bonchev–Trinajstić information content (AvgIpc) is 2.52. The summed E-state index contributed by atoms with van der Waals surface area (Å²) in [5.41, 5.74) is 6.75. The van der Waals surface area contributed by atoms with Crippen LogP contribution in [0.15, 0.2) is 29.3 Å². The Morgan fingerprint density at radius 2 is 2.00 bits per heavy atom. The maximum atomic E-state index is 5.54. The topological polar surface area (TPSA) is 12.5 Å². The summed E-state index contributed by atoms with van der Waals surface area (Å²) >= 11 is 0. The number of likely N-dealkylation sites (tertiary alicyclic amines) is 1. The van der Waals surface area contributed by atoms with Gasteiger partial charge in [0.2, 0.25) is 0 Å². The summed E-state index contributed by atoms with van der Waals surface area (Å²) in [6, 6.07) is 7.51. The molecule has 1 aromatic rings. The molecular formula is C20H27NO. The lowest BCUT2D eigenvalue weighted by molar-refractivity contribution is 0.0245. The van der Waals surface area contributed by atoms with Crippen LogP contribution in [0.3, 0.4) is 0 Å². The van der Waals surface area contributed by atoms with Crippen molar-refractivity contribution >= 4 is 0 Å². The molecular weight excluding hydrogens is 270 g/mol. The normalized spacial score (nSPS) is 34.2. The highest BCUT2D eigenvalue weighted by Crippen LogP contribution is 2.56. The molecule has 0 aromatic heterocycles. The molecule has 0 saturated carbocycles. The Morgan fingerprint density at radius 3 is 2.77 bits per heavy atom. The third-order valence-electron chi connectivity index (χ3n) is 6.77. The summed E-state index contributed by atoms with van der Waals surface area (Å²) < 4.78 is 5.54. The molecule has 1 saturated heterocycles. The first-order chi connectivity index (χ1) is 10.5. The number of ether oxygens (including phenoxy) is 1. The van der Waals surface area contributed by atoms with Crippen LogP contribution in [-0.2, 0) is 11.8 Å². The van der Waals surface area contributed by atoms with Crippen LogP contribution in [0.25, 0.3) is 0 Å². The van der Waals surface area contributed by atoms with E-state index in [2.05, 4.69) is 44.0 Å². The van der Waals surface area contributed by atoms with E-state index in [1.807, 2.05) is 0 Å². The van der Waals surface area contributed by atoms with Gasteiger partial charge in [-0.3, -0.25) is 0 Å². The van der Waals surface area contributed by atoms with E-state index in [9.17, 15) is 0 Å². The minimum absolute atomic E-state index is 0.350. The highest BCUT2D eigenvalue weighted by Gasteiger charge is 2.53. The van der Waals surface area contributed by atoms with Gasteiger partial charge < -0.3 is 9.64 Å². The maximum absolute atomic E-state index is 5.54. The third kappa shape index (κ3) is 1.83. The predicted molar refractivity (Wildman–Crippen MR) is 90.5 cm³/mol. The van der Waals surface area contributed by atoms with Gasteiger partial charge >= 0.3 is 0 Å². The van der Waals surface area contributed by atoms with E-state index >= 15 is 0 Å². The molecule has 22 heavy (non-hydrogen) atoms. The van der Waals surface area contributed by atoms with Gasteiger partial charge in [0.05, 0.1) is 7.11 Å². The molecule has 1 heterocycles. The lowest BCUT2D eigenvalue weighted by Crippen LogP contribution is -2.59. The average molecular weight is 297 g/mol. The van der Waals surface area contributed by atoms with Crippen LogP contribution in [0.1, 0.15) is 44.2 Å². The van der Waals surface area contributed by atoms with Crippen LogP contribution in [0.4, 0.5) is 0 Å². The second-order valence-electron chi connectivity index (χ2n) is 7.73. The molecule has 0 spiro atoms. The standard InChI is InChI=1S/C20H27NO/c1-13-9-18-19-10-15-5-6-16(22-4)11-17(15)20(18,12-14(13)2)7-8-21(19)3/h5-6,11,18-19H,7-10,12H2,1-4H3/t18-,19+,20+/m0/s1. The molecule has 3 atom stereocenters. The molecule has 3 aliphatic rings. The van der Waals surface area contributed by atoms with Crippen molar-refractivity contribution in [3.63, 3.8) is 0 Å². The third-order valence-corrected chi connectivity index (χ3v) is 6.77. The minimum Gasteiger partial charge on any atom is -0.497 e. The molecule has 0 radical (unpaired) electrons. The molecule has 0 amide bonds. The fraction of sp³-hybridized carbons (Fsp3) is 0.600. The summed E-state index contributed by atoms with van der Waals surface area (Å²) in [6.45, 7) is 5.92. The predicted octanol–water partition coefficient (Wildman–Crippen LogP) is 3.94. The number of hydrogen-bond acceptors (Lipinski definition) is 2. The van der Waals surface area contributed by atoms with E-state index in [4.69, 9.17) is 4.74 Å². The van der Waals surface area contributed by atoms with Crippen LogP contribution in [0.5, 0.6) is 5.75 Å². The van der Waals surface area contributed by atoms with Crippen molar-refractivity contribution in [2.24, 2.45) is 5.92 Å².